The van der Waals surface area contributed by atoms with E-state index in [1.807, 2.05) is 13.8 Å². The highest BCUT2D eigenvalue weighted by Crippen LogP contribution is 2.17. The molecule has 1 fully saturated rings. The minimum absolute atomic E-state index is 0.00864. The number of nitrogens with zero attached hydrogens (tertiary/aromatic N) is 4. The molecule has 0 radical (unpaired) electrons. The van der Waals surface area contributed by atoms with Crippen molar-refractivity contribution in [2.45, 2.75) is 19.4 Å². The number of rotatable bonds is 2. The molecule has 1 aliphatic rings. The van der Waals surface area contributed by atoms with Crippen LogP contribution in [0.4, 0.5) is 0 Å². The molecule has 2 rings (SSSR count). The molecule has 0 N–H and O–H groups in total. The first-order valence-corrected chi connectivity index (χ1v) is 6.82. The molecule has 6 heteroatoms. The molecular weight excluding hydrogens is 248 g/mol. The van der Waals surface area contributed by atoms with Gasteiger partial charge >= 0.3 is 0 Å². The third kappa shape index (κ3) is 2.52. The maximum atomic E-state index is 12.1. The summed E-state index contributed by atoms with van der Waals surface area (Å²) in [5.41, 5.74) is 1.73. The van der Waals surface area contributed by atoms with Gasteiger partial charge in [-0.1, -0.05) is 0 Å². The van der Waals surface area contributed by atoms with Gasteiger partial charge in [0.05, 0.1) is 11.6 Å². The number of amides is 1. The van der Waals surface area contributed by atoms with Crippen molar-refractivity contribution in [1.82, 2.24) is 14.8 Å². The average Bonchev–Trinajstić information content (AvgIpc) is 2.92. The smallest absolute Gasteiger partial charge is 0.273 e. The molecule has 0 atom stereocenters. The van der Waals surface area contributed by atoms with E-state index in [-0.39, 0.29) is 5.91 Å². The van der Waals surface area contributed by atoms with Gasteiger partial charge < -0.3 is 4.90 Å². The van der Waals surface area contributed by atoms with Crippen LogP contribution >= 0.6 is 11.3 Å². The van der Waals surface area contributed by atoms with Crippen molar-refractivity contribution in [3.63, 3.8) is 0 Å². The Hall–Kier alpha value is -1.45. The molecule has 0 aromatic carbocycles. The Morgan fingerprint density at radius 1 is 1.44 bits per heavy atom. The van der Waals surface area contributed by atoms with E-state index >= 15 is 0 Å². The highest BCUT2D eigenvalue weighted by molar-refractivity contribution is 7.07. The quantitative estimate of drug-likeness (QED) is 0.805. The van der Waals surface area contributed by atoms with Gasteiger partial charge in [-0.2, -0.15) is 5.26 Å². The van der Waals surface area contributed by atoms with E-state index in [4.69, 9.17) is 5.26 Å². The summed E-state index contributed by atoms with van der Waals surface area (Å²) in [5, 5.41) is 10.9. The fraction of sp³-hybridized carbons (Fsp3) is 0.583. The van der Waals surface area contributed by atoms with Crippen LogP contribution < -0.4 is 0 Å². The normalized spacial score (nSPS) is 17.5. The maximum Gasteiger partial charge on any atom is 0.273 e. The Kier molecular flexibility index (Phi) is 3.64. The molecular formula is C12H16N4OS. The van der Waals surface area contributed by atoms with Crippen LogP contribution in [0.3, 0.4) is 0 Å². The van der Waals surface area contributed by atoms with E-state index in [2.05, 4.69) is 16.0 Å². The summed E-state index contributed by atoms with van der Waals surface area (Å²) in [6, 6.07) is 2.29. The molecule has 2 heterocycles. The molecule has 0 bridgehead atoms. The second-order valence-electron chi connectivity index (χ2n) is 4.82. The molecule has 1 aliphatic heterocycles. The molecule has 0 aliphatic carbocycles. The van der Waals surface area contributed by atoms with E-state index in [1.165, 1.54) is 11.3 Å². The van der Waals surface area contributed by atoms with Gasteiger partial charge in [0.15, 0.2) is 0 Å². The number of thiazole rings is 1. The number of nitriles is 1. The first-order chi connectivity index (χ1) is 8.54. The molecule has 1 aromatic rings. The predicted octanol–water partition coefficient (Wildman–Crippen LogP) is 1.20. The summed E-state index contributed by atoms with van der Waals surface area (Å²) in [6.45, 7) is 6.59. The van der Waals surface area contributed by atoms with E-state index in [0.717, 1.165) is 13.1 Å². The average molecular weight is 264 g/mol. The van der Waals surface area contributed by atoms with Gasteiger partial charge in [0.2, 0.25) is 0 Å². The van der Waals surface area contributed by atoms with Crippen LogP contribution in [0.2, 0.25) is 0 Å². The van der Waals surface area contributed by atoms with Gasteiger partial charge in [0.1, 0.15) is 11.2 Å². The van der Waals surface area contributed by atoms with Gasteiger partial charge in [-0.05, 0) is 13.8 Å². The van der Waals surface area contributed by atoms with Gasteiger partial charge in [0, 0.05) is 31.6 Å². The van der Waals surface area contributed by atoms with Crippen molar-refractivity contribution in [3.05, 3.63) is 16.6 Å². The lowest BCUT2D eigenvalue weighted by Crippen LogP contribution is -2.55. The first-order valence-electron chi connectivity index (χ1n) is 5.88. The molecule has 96 valence electrons. The van der Waals surface area contributed by atoms with Crippen molar-refractivity contribution in [1.29, 1.82) is 5.26 Å². The minimum atomic E-state index is -0.463. The van der Waals surface area contributed by atoms with Crippen molar-refractivity contribution in [2.75, 3.05) is 26.2 Å². The summed E-state index contributed by atoms with van der Waals surface area (Å²) in [7, 11) is 0. The van der Waals surface area contributed by atoms with Crippen molar-refractivity contribution in [3.8, 4) is 6.07 Å². The van der Waals surface area contributed by atoms with Gasteiger partial charge in [-0.15, -0.1) is 11.3 Å². The SMILES string of the molecule is CC(C)(C#N)N1CCN(C(=O)c2cscn2)CC1. The maximum absolute atomic E-state index is 12.1. The molecule has 1 saturated heterocycles. The number of carbonyl (C=O) groups is 1. The van der Waals surface area contributed by atoms with Crippen LogP contribution in [-0.4, -0.2) is 52.4 Å². The van der Waals surface area contributed by atoms with Crippen LogP contribution in [0.5, 0.6) is 0 Å². The monoisotopic (exact) mass is 264 g/mol. The number of hydrogen-bond acceptors (Lipinski definition) is 5. The van der Waals surface area contributed by atoms with E-state index in [9.17, 15) is 4.79 Å². The van der Waals surface area contributed by atoms with Gasteiger partial charge in [-0.3, -0.25) is 9.69 Å². The second-order valence-corrected chi connectivity index (χ2v) is 5.54. The van der Waals surface area contributed by atoms with E-state index in [0.29, 0.717) is 18.8 Å². The van der Waals surface area contributed by atoms with Crippen LogP contribution in [0.15, 0.2) is 10.9 Å². The standard InChI is InChI=1S/C12H16N4OS/c1-12(2,8-13)16-5-3-15(4-6-16)11(17)10-7-18-9-14-10/h7,9H,3-6H2,1-2H3. The number of aromatic nitrogens is 1. The largest absolute Gasteiger partial charge is 0.335 e. The lowest BCUT2D eigenvalue weighted by molar-refractivity contribution is 0.0516. The second kappa shape index (κ2) is 5.04. The molecule has 0 spiro atoms. The topological polar surface area (TPSA) is 60.2 Å². The van der Waals surface area contributed by atoms with Crippen LogP contribution in [-0.2, 0) is 0 Å². The minimum Gasteiger partial charge on any atom is -0.335 e. The van der Waals surface area contributed by atoms with Crippen LogP contribution in [0, 0.1) is 11.3 Å². The Bertz CT molecular complexity index is 455. The lowest BCUT2D eigenvalue weighted by Gasteiger charge is -2.40. The summed E-state index contributed by atoms with van der Waals surface area (Å²) in [4.78, 5) is 20.0. The number of piperazine rings is 1. The number of hydrogen-bond donors (Lipinski definition) is 0. The Morgan fingerprint density at radius 3 is 2.61 bits per heavy atom. The Balaban J connectivity index is 1.96. The lowest BCUT2D eigenvalue weighted by atomic mass is 10.0. The summed E-state index contributed by atoms with van der Waals surface area (Å²) >= 11 is 1.43. The fourth-order valence-corrected chi connectivity index (χ4v) is 2.55. The molecule has 1 amide bonds. The third-order valence-electron chi connectivity index (χ3n) is 3.28. The number of carbonyl (C=O) groups excluding carboxylic acids is 1. The van der Waals surface area contributed by atoms with E-state index in [1.54, 1.807) is 15.8 Å². The highest BCUT2D eigenvalue weighted by Gasteiger charge is 2.31. The van der Waals surface area contributed by atoms with Crippen LogP contribution in [0.1, 0.15) is 24.3 Å². The first kappa shape index (κ1) is 13.0. The predicted molar refractivity (Wildman–Crippen MR) is 69.3 cm³/mol. The summed E-state index contributed by atoms with van der Waals surface area (Å²) < 4.78 is 0. The van der Waals surface area contributed by atoms with Crippen LogP contribution in [0.25, 0.3) is 0 Å². The Morgan fingerprint density at radius 2 is 2.11 bits per heavy atom. The zero-order valence-corrected chi connectivity index (χ0v) is 11.4. The third-order valence-corrected chi connectivity index (χ3v) is 3.87. The van der Waals surface area contributed by atoms with Crippen molar-refractivity contribution < 1.29 is 4.79 Å². The highest BCUT2D eigenvalue weighted by atomic mass is 32.1. The molecule has 5 nitrogen and oxygen atoms in total. The zero-order chi connectivity index (χ0) is 13.2. The molecule has 0 saturated carbocycles. The van der Waals surface area contributed by atoms with E-state index < -0.39 is 5.54 Å². The molecule has 18 heavy (non-hydrogen) atoms. The molecule has 0 unspecified atom stereocenters. The fourth-order valence-electron chi connectivity index (χ4n) is 2.02. The zero-order valence-electron chi connectivity index (χ0n) is 10.6. The summed E-state index contributed by atoms with van der Waals surface area (Å²) in [6.07, 6.45) is 0. The van der Waals surface area contributed by atoms with Crippen molar-refractivity contribution >= 4 is 17.2 Å². The van der Waals surface area contributed by atoms with Crippen molar-refractivity contribution in [2.24, 2.45) is 0 Å². The van der Waals surface area contributed by atoms with Gasteiger partial charge in [0.25, 0.3) is 5.91 Å². The summed E-state index contributed by atoms with van der Waals surface area (Å²) in [5.74, 6) is -0.00864. The van der Waals surface area contributed by atoms with Gasteiger partial charge in [-0.25, -0.2) is 4.98 Å². The Labute approximate surface area is 111 Å². The molecule has 1 aromatic heterocycles.